The molecule has 2 amide bonds. The van der Waals surface area contributed by atoms with E-state index in [1.165, 1.54) is 23.1 Å². The summed E-state index contributed by atoms with van der Waals surface area (Å²) in [5.41, 5.74) is 2.78. The van der Waals surface area contributed by atoms with E-state index >= 15 is 0 Å². The van der Waals surface area contributed by atoms with E-state index < -0.39 is 0 Å². The number of amides is 2. The largest absolute Gasteiger partial charge is 0.325 e. The number of carbonyl (C=O) groups is 2. The van der Waals surface area contributed by atoms with Crippen LogP contribution in [0.5, 0.6) is 0 Å². The van der Waals surface area contributed by atoms with Crippen LogP contribution in [-0.2, 0) is 9.59 Å². The van der Waals surface area contributed by atoms with Gasteiger partial charge in [-0.1, -0.05) is 85.5 Å². The van der Waals surface area contributed by atoms with Crippen molar-refractivity contribution in [3.8, 4) is 11.1 Å². The molecule has 3 rings (SSSR count). The molecule has 0 saturated carbocycles. The number of nitrogens with zero attached hydrogens (tertiary/aromatic N) is 2. The highest BCUT2D eigenvalue weighted by atomic mass is 32.2. The SMILES string of the molecule is CCC(C)C(=O)Nc1nnc(SCC(=O)Nc2ccccc2-c2ccccc2)s1. The molecule has 0 aliphatic heterocycles. The van der Waals surface area contributed by atoms with Crippen molar-refractivity contribution in [1.82, 2.24) is 10.2 Å². The molecule has 2 aromatic carbocycles. The number of para-hydroxylation sites is 1. The predicted molar refractivity (Wildman–Crippen MR) is 119 cm³/mol. The minimum Gasteiger partial charge on any atom is -0.325 e. The van der Waals surface area contributed by atoms with E-state index in [0.717, 1.165) is 23.2 Å². The van der Waals surface area contributed by atoms with Gasteiger partial charge in [-0.15, -0.1) is 10.2 Å². The van der Waals surface area contributed by atoms with Gasteiger partial charge in [0.15, 0.2) is 4.34 Å². The second-order valence-corrected chi connectivity index (χ2v) is 8.62. The Kier molecular flexibility index (Phi) is 7.37. The van der Waals surface area contributed by atoms with Crippen LogP contribution >= 0.6 is 23.1 Å². The first-order valence-electron chi connectivity index (χ1n) is 9.28. The van der Waals surface area contributed by atoms with E-state index in [1.54, 1.807) is 0 Å². The maximum Gasteiger partial charge on any atom is 0.234 e. The van der Waals surface area contributed by atoms with Gasteiger partial charge in [-0.3, -0.25) is 9.59 Å². The number of hydrogen-bond donors (Lipinski definition) is 2. The summed E-state index contributed by atoms with van der Waals surface area (Å²) in [6.45, 7) is 3.82. The summed E-state index contributed by atoms with van der Waals surface area (Å²) >= 11 is 2.56. The van der Waals surface area contributed by atoms with Crippen LogP contribution < -0.4 is 10.6 Å². The first-order chi connectivity index (χ1) is 14.1. The first-order valence-corrected chi connectivity index (χ1v) is 11.1. The van der Waals surface area contributed by atoms with Gasteiger partial charge in [-0.25, -0.2) is 0 Å². The van der Waals surface area contributed by atoms with Crippen LogP contribution in [0.4, 0.5) is 10.8 Å². The Labute approximate surface area is 178 Å². The van der Waals surface area contributed by atoms with Crippen molar-refractivity contribution < 1.29 is 9.59 Å². The lowest BCUT2D eigenvalue weighted by Gasteiger charge is -2.10. The lowest BCUT2D eigenvalue weighted by molar-refractivity contribution is -0.119. The average Bonchev–Trinajstić information content (AvgIpc) is 3.20. The minimum atomic E-state index is -0.126. The summed E-state index contributed by atoms with van der Waals surface area (Å²) in [7, 11) is 0. The average molecular weight is 427 g/mol. The summed E-state index contributed by atoms with van der Waals surface area (Å²) in [6.07, 6.45) is 0.761. The number of carbonyl (C=O) groups excluding carboxylic acids is 2. The molecule has 0 aliphatic rings. The second-order valence-electron chi connectivity index (χ2n) is 6.42. The highest BCUT2D eigenvalue weighted by Gasteiger charge is 2.15. The molecule has 8 heteroatoms. The molecule has 0 bridgehead atoms. The monoisotopic (exact) mass is 426 g/mol. The van der Waals surface area contributed by atoms with Gasteiger partial charge in [-0.2, -0.15) is 0 Å². The third kappa shape index (κ3) is 5.88. The third-order valence-corrected chi connectivity index (χ3v) is 6.28. The minimum absolute atomic E-state index is 0.0736. The normalized spacial score (nSPS) is 11.7. The maximum atomic E-state index is 12.4. The van der Waals surface area contributed by atoms with E-state index in [0.29, 0.717) is 9.47 Å². The highest BCUT2D eigenvalue weighted by molar-refractivity contribution is 8.01. The van der Waals surface area contributed by atoms with E-state index in [2.05, 4.69) is 20.8 Å². The topological polar surface area (TPSA) is 84.0 Å². The number of anilines is 2. The van der Waals surface area contributed by atoms with Crippen LogP contribution in [0.3, 0.4) is 0 Å². The Balaban J connectivity index is 1.57. The molecule has 0 aliphatic carbocycles. The van der Waals surface area contributed by atoms with Gasteiger partial charge in [0.05, 0.1) is 5.75 Å². The predicted octanol–water partition coefficient (Wildman–Crippen LogP) is 4.92. The molecule has 1 unspecified atom stereocenters. The fraction of sp³-hybridized carbons (Fsp3) is 0.238. The Hall–Kier alpha value is -2.71. The summed E-state index contributed by atoms with van der Waals surface area (Å²) < 4.78 is 0.635. The Morgan fingerprint density at radius 2 is 1.76 bits per heavy atom. The zero-order valence-corrected chi connectivity index (χ0v) is 17.8. The molecule has 29 heavy (non-hydrogen) atoms. The maximum absolute atomic E-state index is 12.4. The molecule has 0 saturated heterocycles. The highest BCUT2D eigenvalue weighted by Crippen LogP contribution is 2.29. The van der Waals surface area contributed by atoms with Crippen molar-refractivity contribution in [2.45, 2.75) is 24.6 Å². The van der Waals surface area contributed by atoms with E-state index in [-0.39, 0.29) is 23.5 Å². The molecular weight excluding hydrogens is 404 g/mol. The van der Waals surface area contributed by atoms with Gasteiger partial charge >= 0.3 is 0 Å². The van der Waals surface area contributed by atoms with Crippen LogP contribution in [0.15, 0.2) is 58.9 Å². The Bertz CT molecular complexity index is 976. The number of hydrogen-bond acceptors (Lipinski definition) is 6. The smallest absolute Gasteiger partial charge is 0.234 e. The van der Waals surface area contributed by atoms with Gasteiger partial charge in [-0.05, 0) is 18.1 Å². The molecule has 1 heterocycles. The zero-order chi connectivity index (χ0) is 20.6. The van der Waals surface area contributed by atoms with Crippen molar-refractivity contribution in [3.05, 3.63) is 54.6 Å². The molecule has 0 fully saturated rings. The lowest BCUT2D eigenvalue weighted by Crippen LogP contribution is -2.19. The molecule has 2 N–H and O–H groups in total. The van der Waals surface area contributed by atoms with Gasteiger partial charge in [0.2, 0.25) is 16.9 Å². The standard InChI is InChI=1S/C21H22N4O2S2/c1-3-14(2)19(27)23-20-24-25-21(29-20)28-13-18(26)22-17-12-8-7-11-16(17)15-9-5-4-6-10-15/h4-12,14H,3,13H2,1-2H3,(H,22,26)(H,23,24,27). The zero-order valence-electron chi connectivity index (χ0n) is 16.2. The van der Waals surface area contributed by atoms with Gasteiger partial charge in [0.1, 0.15) is 0 Å². The lowest BCUT2D eigenvalue weighted by atomic mass is 10.0. The molecule has 1 aromatic heterocycles. The van der Waals surface area contributed by atoms with E-state index in [1.807, 2.05) is 68.4 Å². The van der Waals surface area contributed by atoms with Crippen molar-refractivity contribution in [2.24, 2.45) is 5.92 Å². The molecule has 3 aromatic rings. The summed E-state index contributed by atoms with van der Waals surface area (Å²) in [4.78, 5) is 24.4. The fourth-order valence-corrected chi connectivity index (χ4v) is 4.06. The van der Waals surface area contributed by atoms with E-state index in [4.69, 9.17) is 0 Å². The number of nitrogens with one attached hydrogen (secondary N) is 2. The van der Waals surface area contributed by atoms with Gasteiger partial charge in [0.25, 0.3) is 0 Å². The number of rotatable bonds is 8. The van der Waals surface area contributed by atoms with Crippen LogP contribution in [0, 0.1) is 5.92 Å². The second kappa shape index (κ2) is 10.2. The molecular formula is C21H22N4O2S2. The van der Waals surface area contributed by atoms with Crippen molar-refractivity contribution in [3.63, 3.8) is 0 Å². The molecule has 6 nitrogen and oxygen atoms in total. The summed E-state index contributed by atoms with van der Waals surface area (Å²) in [5, 5.41) is 14.2. The Morgan fingerprint density at radius 1 is 1.03 bits per heavy atom. The Morgan fingerprint density at radius 3 is 2.52 bits per heavy atom. The van der Waals surface area contributed by atoms with Crippen LogP contribution in [-0.4, -0.2) is 27.8 Å². The molecule has 1 atom stereocenters. The molecule has 0 spiro atoms. The fourth-order valence-electron chi connectivity index (χ4n) is 2.51. The van der Waals surface area contributed by atoms with Crippen LogP contribution in [0.25, 0.3) is 11.1 Å². The number of thioether (sulfide) groups is 1. The first kappa shape index (κ1) is 21.0. The third-order valence-electron chi connectivity index (χ3n) is 4.31. The number of benzene rings is 2. The summed E-state index contributed by atoms with van der Waals surface area (Å²) in [5.74, 6) is -0.0726. The van der Waals surface area contributed by atoms with Gasteiger partial charge in [0, 0.05) is 17.2 Å². The van der Waals surface area contributed by atoms with E-state index in [9.17, 15) is 9.59 Å². The molecule has 0 radical (unpaired) electrons. The number of aromatic nitrogens is 2. The van der Waals surface area contributed by atoms with Crippen LogP contribution in [0.1, 0.15) is 20.3 Å². The van der Waals surface area contributed by atoms with Gasteiger partial charge < -0.3 is 10.6 Å². The van der Waals surface area contributed by atoms with Crippen molar-refractivity contribution in [1.29, 1.82) is 0 Å². The molecule has 150 valence electrons. The van der Waals surface area contributed by atoms with Crippen molar-refractivity contribution in [2.75, 3.05) is 16.4 Å². The van der Waals surface area contributed by atoms with Crippen molar-refractivity contribution >= 4 is 45.7 Å². The quantitative estimate of drug-likeness (QED) is 0.394. The van der Waals surface area contributed by atoms with Crippen LogP contribution in [0.2, 0.25) is 0 Å². The summed E-state index contributed by atoms with van der Waals surface area (Å²) in [6, 6.07) is 17.6.